The van der Waals surface area contributed by atoms with Gasteiger partial charge in [0, 0.05) is 57.9 Å². The molecule has 0 spiro atoms. The maximum atomic E-state index is 12.6. The predicted octanol–water partition coefficient (Wildman–Crippen LogP) is 2.48. The number of carbonyl (C=O) groups excluding carboxylic acids is 1. The van der Waals surface area contributed by atoms with Crippen molar-refractivity contribution in [2.24, 2.45) is 0 Å². The first-order chi connectivity index (χ1) is 12.5. The van der Waals surface area contributed by atoms with Crippen molar-refractivity contribution in [3.8, 4) is 0 Å². The average molecular weight is 352 g/mol. The highest BCUT2D eigenvalue weighted by molar-refractivity contribution is 5.78. The van der Waals surface area contributed by atoms with Crippen LogP contribution in [0, 0.1) is 13.8 Å². The molecule has 1 aliphatic rings. The number of benzene rings is 1. The van der Waals surface area contributed by atoms with Crippen LogP contribution in [0.3, 0.4) is 0 Å². The lowest BCUT2D eigenvalue weighted by Gasteiger charge is -2.36. The lowest BCUT2D eigenvalue weighted by molar-refractivity contribution is -0.131. The monoisotopic (exact) mass is 352 g/mol. The van der Waals surface area contributed by atoms with Crippen LogP contribution in [0.1, 0.15) is 16.7 Å². The van der Waals surface area contributed by atoms with Crippen LogP contribution in [-0.4, -0.2) is 60.5 Å². The molecule has 0 saturated carbocycles. The molecule has 138 valence electrons. The molecular weight excluding hydrogens is 324 g/mol. The smallest absolute Gasteiger partial charge is 0.236 e. The second-order valence-electron chi connectivity index (χ2n) is 7.15. The van der Waals surface area contributed by atoms with Crippen molar-refractivity contribution in [2.45, 2.75) is 20.4 Å². The van der Waals surface area contributed by atoms with Crippen LogP contribution in [0.25, 0.3) is 0 Å². The third-order valence-corrected chi connectivity index (χ3v) is 5.07. The molecule has 0 unspecified atom stereocenters. The number of anilines is 1. The minimum Gasteiger partial charge on any atom is -0.369 e. The van der Waals surface area contributed by atoms with Crippen molar-refractivity contribution in [1.29, 1.82) is 0 Å². The molecule has 0 N–H and O–H groups in total. The summed E-state index contributed by atoms with van der Waals surface area (Å²) in [6.07, 6.45) is 3.63. The fraction of sp³-hybridized carbons (Fsp3) is 0.429. The first-order valence-electron chi connectivity index (χ1n) is 9.20. The molecule has 0 atom stereocenters. The quantitative estimate of drug-likeness (QED) is 0.829. The number of aromatic nitrogens is 1. The van der Waals surface area contributed by atoms with E-state index < -0.39 is 0 Å². The van der Waals surface area contributed by atoms with Gasteiger partial charge in [0.2, 0.25) is 5.91 Å². The number of likely N-dealkylation sites (N-methyl/N-ethyl adjacent to an activating group) is 1. The molecule has 5 nitrogen and oxygen atoms in total. The second-order valence-corrected chi connectivity index (χ2v) is 7.15. The number of piperazine rings is 1. The Morgan fingerprint density at radius 1 is 1.15 bits per heavy atom. The normalized spacial score (nSPS) is 15.1. The van der Waals surface area contributed by atoms with Gasteiger partial charge in [0.25, 0.3) is 0 Å². The van der Waals surface area contributed by atoms with Crippen LogP contribution in [0.4, 0.5) is 5.69 Å². The Morgan fingerprint density at radius 3 is 2.62 bits per heavy atom. The van der Waals surface area contributed by atoms with E-state index in [9.17, 15) is 4.79 Å². The van der Waals surface area contributed by atoms with E-state index in [0.29, 0.717) is 13.1 Å². The van der Waals surface area contributed by atoms with Crippen LogP contribution in [0.15, 0.2) is 42.7 Å². The van der Waals surface area contributed by atoms with E-state index in [1.165, 1.54) is 11.3 Å². The molecule has 0 aliphatic carbocycles. The third-order valence-electron chi connectivity index (χ3n) is 5.07. The number of hydrogen-bond donors (Lipinski definition) is 0. The number of pyridine rings is 1. The maximum Gasteiger partial charge on any atom is 0.236 e. The van der Waals surface area contributed by atoms with Gasteiger partial charge in [-0.3, -0.25) is 14.7 Å². The molecule has 1 saturated heterocycles. The van der Waals surface area contributed by atoms with Crippen molar-refractivity contribution >= 4 is 11.6 Å². The number of carbonyl (C=O) groups is 1. The van der Waals surface area contributed by atoms with E-state index in [4.69, 9.17) is 0 Å². The summed E-state index contributed by atoms with van der Waals surface area (Å²) in [5, 5.41) is 0. The number of amides is 1. The average Bonchev–Trinajstić information content (AvgIpc) is 2.64. The molecule has 1 fully saturated rings. The number of hydrogen-bond acceptors (Lipinski definition) is 4. The van der Waals surface area contributed by atoms with Gasteiger partial charge in [0.05, 0.1) is 6.54 Å². The van der Waals surface area contributed by atoms with Gasteiger partial charge in [0.15, 0.2) is 0 Å². The van der Waals surface area contributed by atoms with Crippen LogP contribution in [0.5, 0.6) is 0 Å². The van der Waals surface area contributed by atoms with Gasteiger partial charge >= 0.3 is 0 Å². The molecule has 1 aromatic carbocycles. The number of nitrogens with zero attached hydrogens (tertiary/aromatic N) is 4. The van der Waals surface area contributed by atoms with E-state index in [0.717, 1.165) is 37.3 Å². The van der Waals surface area contributed by atoms with Crippen LogP contribution < -0.4 is 4.90 Å². The molecule has 5 heteroatoms. The van der Waals surface area contributed by atoms with E-state index in [2.05, 4.69) is 46.0 Å². The van der Waals surface area contributed by atoms with Gasteiger partial charge in [-0.15, -0.1) is 0 Å². The summed E-state index contributed by atoms with van der Waals surface area (Å²) in [6, 6.07) is 10.6. The Balaban J connectivity index is 1.49. The Labute approximate surface area is 156 Å². The molecule has 2 heterocycles. The largest absolute Gasteiger partial charge is 0.369 e. The molecule has 26 heavy (non-hydrogen) atoms. The highest BCUT2D eigenvalue weighted by Crippen LogP contribution is 2.18. The van der Waals surface area contributed by atoms with E-state index in [-0.39, 0.29) is 5.91 Å². The molecule has 2 aromatic rings. The Bertz CT molecular complexity index is 753. The zero-order valence-corrected chi connectivity index (χ0v) is 16.0. The minimum atomic E-state index is 0.171. The fourth-order valence-corrected chi connectivity index (χ4v) is 3.32. The molecular formula is C21H28N4O. The predicted molar refractivity (Wildman–Crippen MR) is 105 cm³/mol. The summed E-state index contributed by atoms with van der Waals surface area (Å²) >= 11 is 0. The summed E-state index contributed by atoms with van der Waals surface area (Å²) in [5.41, 5.74) is 4.84. The van der Waals surface area contributed by atoms with Gasteiger partial charge in [-0.1, -0.05) is 12.1 Å². The molecule has 1 aromatic heterocycles. The second kappa shape index (κ2) is 8.32. The summed E-state index contributed by atoms with van der Waals surface area (Å²) in [6.45, 7) is 9.04. The lowest BCUT2D eigenvalue weighted by atomic mass is 10.1. The zero-order valence-electron chi connectivity index (χ0n) is 16.0. The molecule has 0 radical (unpaired) electrons. The Kier molecular flexibility index (Phi) is 5.89. The van der Waals surface area contributed by atoms with Crippen LogP contribution in [0.2, 0.25) is 0 Å². The minimum absolute atomic E-state index is 0.171. The topological polar surface area (TPSA) is 39.7 Å². The molecule has 1 amide bonds. The number of aryl methyl sites for hydroxylation is 2. The van der Waals surface area contributed by atoms with E-state index >= 15 is 0 Å². The van der Waals surface area contributed by atoms with Crippen molar-refractivity contribution in [1.82, 2.24) is 14.8 Å². The molecule has 3 rings (SSSR count). The zero-order chi connectivity index (χ0) is 18.5. The van der Waals surface area contributed by atoms with Crippen molar-refractivity contribution in [3.05, 3.63) is 59.4 Å². The van der Waals surface area contributed by atoms with Crippen molar-refractivity contribution < 1.29 is 4.79 Å². The van der Waals surface area contributed by atoms with Gasteiger partial charge < -0.3 is 9.80 Å². The summed E-state index contributed by atoms with van der Waals surface area (Å²) < 4.78 is 0. The van der Waals surface area contributed by atoms with Crippen molar-refractivity contribution in [3.63, 3.8) is 0 Å². The lowest BCUT2D eigenvalue weighted by Crippen LogP contribution is -2.49. The van der Waals surface area contributed by atoms with Gasteiger partial charge in [-0.2, -0.15) is 0 Å². The SMILES string of the molecule is Cc1cccc(N2CCN(CC(=O)N(C)Cc3ccncc3C)CC2)c1. The standard InChI is InChI=1S/C21H28N4O/c1-17-5-4-6-20(13-17)25-11-9-24(10-12-25)16-21(26)23(3)15-19-7-8-22-14-18(19)2/h4-8,13-14H,9-12,15-16H2,1-3H3. The fourth-order valence-electron chi connectivity index (χ4n) is 3.32. The molecule has 1 aliphatic heterocycles. The summed E-state index contributed by atoms with van der Waals surface area (Å²) in [7, 11) is 1.88. The summed E-state index contributed by atoms with van der Waals surface area (Å²) in [5.74, 6) is 0.171. The third kappa shape index (κ3) is 4.61. The Morgan fingerprint density at radius 2 is 1.92 bits per heavy atom. The first kappa shape index (κ1) is 18.4. The van der Waals surface area contributed by atoms with Gasteiger partial charge in [-0.05, 0) is 48.7 Å². The van der Waals surface area contributed by atoms with E-state index in [1.54, 1.807) is 6.20 Å². The highest BCUT2D eigenvalue weighted by atomic mass is 16.2. The van der Waals surface area contributed by atoms with Gasteiger partial charge in [-0.25, -0.2) is 0 Å². The van der Waals surface area contributed by atoms with Gasteiger partial charge in [0.1, 0.15) is 0 Å². The van der Waals surface area contributed by atoms with Crippen LogP contribution >= 0.6 is 0 Å². The molecule has 0 bridgehead atoms. The Hall–Kier alpha value is -2.40. The first-order valence-corrected chi connectivity index (χ1v) is 9.20. The van der Waals surface area contributed by atoms with Crippen molar-refractivity contribution in [2.75, 3.05) is 44.7 Å². The highest BCUT2D eigenvalue weighted by Gasteiger charge is 2.21. The maximum absolute atomic E-state index is 12.6. The van der Waals surface area contributed by atoms with E-state index in [1.807, 2.05) is 31.1 Å². The number of rotatable bonds is 5. The van der Waals surface area contributed by atoms with Crippen LogP contribution in [-0.2, 0) is 11.3 Å². The summed E-state index contributed by atoms with van der Waals surface area (Å²) in [4.78, 5) is 23.2.